The molecule has 0 saturated heterocycles. The monoisotopic (exact) mass is 205 g/mol. The third kappa shape index (κ3) is 2.09. The first-order valence-electron chi connectivity index (χ1n) is 4.50. The second kappa shape index (κ2) is 4.19. The second-order valence-electron chi connectivity index (χ2n) is 2.86. The van der Waals surface area contributed by atoms with Crippen LogP contribution in [0.2, 0.25) is 0 Å². The molecule has 2 heterocycles. The van der Waals surface area contributed by atoms with Crippen molar-refractivity contribution in [2.45, 2.75) is 13.3 Å². The summed E-state index contributed by atoms with van der Waals surface area (Å²) >= 11 is 1.62. The Bertz CT molecular complexity index is 397. The fourth-order valence-electron chi connectivity index (χ4n) is 1.09. The first kappa shape index (κ1) is 9.15. The van der Waals surface area contributed by atoms with Crippen LogP contribution < -0.4 is 5.32 Å². The highest BCUT2D eigenvalue weighted by molar-refractivity contribution is 7.13. The molecule has 0 amide bonds. The predicted octanol–water partition coefficient (Wildman–Crippen LogP) is 2.84. The van der Waals surface area contributed by atoms with E-state index in [1.165, 1.54) is 0 Å². The molecular formula is C10H11N3S. The Hall–Kier alpha value is -1.42. The molecule has 72 valence electrons. The lowest BCUT2D eigenvalue weighted by Crippen LogP contribution is -1.90. The maximum Gasteiger partial charge on any atom is 0.187 e. The molecule has 0 radical (unpaired) electrons. The first-order valence-corrected chi connectivity index (χ1v) is 5.38. The summed E-state index contributed by atoms with van der Waals surface area (Å²) in [6, 6.07) is 3.87. The maximum atomic E-state index is 4.40. The molecule has 3 nitrogen and oxygen atoms in total. The summed E-state index contributed by atoms with van der Waals surface area (Å²) in [5, 5.41) is 6.20. The summed E-state index contributed by atoms with van der Waals surface area (Å²) in [5.41, 5.74) is 2.10. The van der Waals surface area contributed by atoms with Gasteiger partial charge in [0, 0.05) is 11.6 Å². The van der Waals surface area contributed by atoms with Gasteiger partial charge in [0.2, 0.25) is 0 Å². The molecule has 0 aliphatic rings. The normalized spacial score (nSPS) is 10.1. The second-order valence-corrected chi connectivity index (χ2v) is 3.72. The molecule has 0 fully saturated rings. The van der Waals surface area contributed by atoms with Crippen molar-refractivity contribution in [3.8, 4) is 0 Å². The molecule has 2 rings (SSSR count). The molecule has 14 heavy (non-hydrogen) atoms. The van der Waals surface area contributed by atoms with Crippen LogP contribution in [0.25, 0.3) is 0 Å². The van der Waals surface area contributed by atoms with Crippen molar-refractivity contribution in [2.75, 3.05) is 5.32 Å². The molecule has 0 unspecified atom stereocenters. The minimum atomic E-state index is 0.926. The van der Waals surface area contributed by atoms with Crippen LogP contribution in [-0.2, 0) is 6.42 Å². The summed E-state index contributed by atoms with van der Waals surface area (Å²) in [6.07, 6.45) is 4.52. The number of aryl methyl sites for hydroxylation is 1. The largest absolute Gasteiger partial charge is 0.330 e. The van der Waals surface area contributed by atoms with Gasteiger partial charge >= 0.3 is 0 Å². The third-order valence-corrected chi connectivity index (χ3v) is 2.63. The van der Waals surface area contributed by atoms with Crippen LogP contribution in [0.5, 0.6) is 0 Å². The van der Waals surface area contributed by atoms with Crippen LogP contribution in [0.4, 0.5) is 10.8 Å². The first-order chi connectivity index (χ1) is 6.88. The van der Waals surface area contributed by atoms with E-state index in [0.717, 1.165) is 22.9 Å². The highest BCUT2D eigenvalue weighted by Crippen LogP contribution is 2.20. The zero-order valence-electron chi connectivity index (χ0n) is 7.90. The van der Waals surface area contributed by atoms with Gasteiger partial charge in [-0.05, 0) is 18.6 Å². The summed E-state index contributed by atoms with van der Waals surface area (Å²) < 4.78 is 0. The van der Waals surface area contributed by atoms with E-state index in [0.29, 0.717) is 0 Å². The SMILES string of the molecule is CCc1csc(Nc2cccnc2)n1. The van der Waals surface area contributed by atoms with Crippen molar-refractivity contribution in [1.82, 2.24) is 9.97 Å². The van der Waals surface area contributed by atoms with E-state index >= 15 is 0 Å². The summed E-state index contributed by atoms with van der Waals surface area (Å²) in [5.74, 6) is 0. The average molecular weight is 205 g/mol. The van der Waals surface area contributed by atoms with Crippen molar-refractivity contribution in [1.29, 1.82) is 0 Å². The number of rotatable bonds is 3. The Morgan fingerprint density at radius 2 is 2.43 bits per heavy atom. The number of aromatic nitrogens is 2. The average Bonchev–Trinajstić information content (AvgIpc) is 2.67. The molecule has 0 aliphatic heterocycles. The zero-order valence-corrected chi connectivity index (χ0v) is 8.71. The van der Waals surface area contributed by atoms with Crippen molar-refractivity contribution < 1.29 is 0 Å². The Kier molecular flexibility index (Phi) is 2.74. The molecule has 1 N–H and O–H groups in total. The summed E-state index contributed by atoms with van der Waals surface area (Å²) in [4.78, 5) is 8.43. The topological polar surface area (TPSA) is 37.8 Å². The summed E-state index contributed by atoms with van der Waals surface area (Å²) in [6.45, 7) is 2.10. The van der Waals surface area contributed by atoms with E-state index in [4.69, 9.17) is 0 Å². The standard InChI is InChI=1S/C10H11N3S/c1-2-8-7-14-10(12-8)13-9-4-3-5-11-6-9/h3-7H,2H2,1H3,(H,12,13). The summed E-state index contributed by atoms with van der Waals surface area (Å²) in [7, 11) is 0. The number of hydrogen-bond donors (Lipinski definition) is 1. The molecule has 2 aromatic heterocycles. The number of nitrogens with one attached hydrogen (secondary N) is 1. The predicted molar refractivity (Wildman–Crippen MR) is 59.0 cm³/mol. The highest BCUT2D eigenvalue weighted by atomic mass is 32.1. The molecule has 0 atom stereocenters. The molecule has 0 bridgehead atoms. The van der Waals surface area contributed by atoms with Crippen molar-refractivity contribution in [2.24, 2.45) is 0 Å². The lowest BCUT2D eigenvalue weighted by Gasteiger charge is -1.99. The van der Waals surface area contributed by atoms with Crippen LogP contribution in [0.3, 0.4) is 0 Å². The van der Waals surface area contributed by atoms with Gasteiger partial charge in [0.1, 0.15) is 0 Å². The van der Waals surface area contributed by atoms with Crippen LogP contribution in [0.15, 0.2) is 29.9 Å². The molecule has 0 aliphatic carbocycles. The van der Waals surface area contributed by atoms with E-state index in [1.807, 2.05) is 12.1 Å². The van der Waals surface area contributed by atoms with E-state index in [2.05, 4.69) is 27.6 Å². The zero-order chi connectivity index (χ0) is 9.80. The third-order valence-electron chi connectivity index (χ3n) is 1.83. The van der Waals surface area contributed by atoms with Crippen molar-refractivity contribution in [3.05, 3.63) is 35.6 Å². The fraction of sp³-hybridized carbons (Fsp3) is 0.200. The van der Waals surface area contributed by atoms with Gasteiger partial charge in [0.25, 0.3) is 0 Å². The molecular weight excluding hydrogens is 194 g/mol. The van der Waals surface area contributed by atoms with Crippen molar-refractivity contribution in [3.63, 3.8) is 0 Å². The van der Waals surface area contributed by atoms with Gasteiger partial charge in [-0.15, -0.1) is 11.3 Å². The minimum absolute atomic E-state index is 0.926. The minimum Gasteiger partial charge on any atom is -0.330 e. The Balaban J connectivity index is 2.11. The van der Waals surface area contributed by atoms with Crippen molar-refractivity contribution >= 4 is 22.2 Å². The van der Waals surface area contributed by atoms with Crippen LogP contribution in [-0.4, -0.2) is 9.97 Å². The van der Waals surface area contributed by atoms with E-state index in [-0.39, 0.29) is 0 Å². The van der Waals surface area contributed by atoms with Gasteiger partial charge in [-0.2, -0.15) is 0 Å². The number of anilines is 2. The number of hydrogen-bond acceptors (Lipinski definition) is 4. The number of nitrogens with zero attached hydrogens (tertiary/aromatic N) is 2. The number of thiazole rings is 1. The van der Waals surface area contributed by atoms with Gasteiger partial charge in [-0.3, -0.25) is 4.98 Å². The van der Waals surface area contributed by atoms with Gasteiger partial charge < -0.3 is 5.32 Å². The molecule has 0 aromatic carbocycles. The maximum absolute atomic E-state index is 4.40. The Labute approximate surface area is 86.8 Å². The van der Waals surface area contributed by atoms with Gasteiger partial charge in [-0.25, -0.2) is 4.98 Å². The van der Waals surface area contributed by atoms with Gasteiger partial charge in [-0.1, -0.05) is 6.92 Å². The van der Waals surface area contributed by atoms with Crippen LogP contribution in [0.1, 0.15) is 12.6 Å². The molecule has 4 heteroatoms. The molecule has 0 spiro atoms. The van der Waals surface area contributed by atoms with Gasteiger partial charge in [0.15, 0.2) is 5.13 Å². The van der Waals surface area contributed by atoms with Crippen LogP contribution in [0, 0.1) is 0 Å². The fourth-order valence-corrected chi connectivity index (χ4v) is 1.90. The van der Waals surface area contributed by atoms with E-state index in [1.54, 1.807) is 23.7 Å². The Morgan fingerprint density at radius 1 is 1.50 bits per heavy atom. The molecule has 2 aromatic rings. The lowest BCUT2D eigenvalue weighted by molar-refractivity contribution is 1.06. The van der Waals surface area contributed by atoms with Crippen LogP contribution >= 0.6 is 11.3 Å². The smallest absolute Gasteiger partial charge is 0.187 e. The molecule has 0 saturated carbocycles. The van der Waals surface area contributed by atoms with Gasteiger partial charge in [0.05, 0.1) is 17.6 Å². The highest BCUT2D eigenvalue weighted by Gasteiger charge is 1.99. The number of pyridine rings is 1. The Morgan fingerprint density at radius 3 is 3.07 bits per heavy atom. The lowest BCUT2D eigenvalue weighted by atomic mass is 10.4. The van der Waals surface area contributed by atoms with E-state index < -0.39 is 0 Å². The quantitative estimate of drug-likeness (QED) is 0.837. The van der Waals surface area contributed by atoms with E-state index in [9.17, 15) is 0 Å².